The molecule has 1 amide bonds. The first-order valence-corrected chi connectivity index (χ1v) is 5.45. The summed E-state index contributed by atoms with van der Waals surface area (Å²) in [7, 11) is 0. The van der Waals surface area contributed by atoms with E-state index in [-0.39, 0.29) is 5.91 Å². The van der Waals surface area contributed by atoms with Crippen LogP contribution in [0, 0.1) is 6.92 Å². The summed E-state index contributed by atoms with van der Waals surface area (Å²) in [4.78, 5) is 16.8. The van der Waals surface area contributed by atoms with Gasteiger partial charge in [0.25, 0.3) is 5.91 Å². The molecule has 0 spiro atoms. The Hall–Kier alpha value is -1.61. The molecule has 2 rings (SSSR count). The van der Waals surface area contributed by atoms with E-state index < -0.39 is 0 Å². The first-order chi connectivity index (χ1) is 7.75. The molecular weight excluding hydrogens is 202 g/mol. The SMILES string of the molecule is Cc1cccc(/C=C/C(=O)N2CCCO2)c1. The number of rotatable bonds is 2. The van der Waals surface area contributed by atoms with Crippen molar-refractivity contribution in [3.05, 3.63) is 41.5 Å². The standard InChI is InChI=1S/C13H15NO2/c1-11-4-2-5-12(10-11)6-7-13(15)14-8-3-9-16-14/h2,4-7,10H,3,8-9H2,1H3/b7-6+. The van der Waals surface area contributed by atoms with Crippen LogP contribution in [-0.2, 0) is 9.63 Å². The Bertz CT molecular complexity index is 406. The normalized spacial score (nSPS) is 15.9. The van der Waals surface area contributed by atoms with Gasteiger partial charge in [0.1, 0.15) is 0 Å². The Morgan fingerprint density at radius 2 is 2.38 bits per heavy atom. The molecule has 0 radical (unpaired) electrons. The molecular formula is C13H15NO2. The molecule has 0 saturated carbocycles. The molecule has 1 fully saturated rings. The van der Waals surface area contributed by atoms with Crippen molar-refractivity contribution >= 4 is 12.0 Å². The van der Waals surface area contributed by atoms with Crippen LogP contribution in [0.2, 0.25) is 0 Å². The molecule has 0 aromatic heterocycles. The highest BCUT2D eigenvalue weighted by Crippen LogP contribution is 2.08. The van der Waals surface area contributed by atoms with Crippen LogP contribution in [0.5, 0.6) is 0 Å². The van der Waals surface area contributed by atoms with Crippen molar-refractivity contribution in [3.8, 4) is 0 Å². The molecule has 0 unspecified atom stereocenters. The van der Waals surface area contributed by atoms with Crippen molar-refractivity contribution in [2.45, 2.75) is 13.3 Å². The van der Waals surface area contributed by atoms with E-state index in [1.807, 2.05) is 37.3 Å². The zero-order valence-corrected chi connectivity index (χ0v) is 9.35. The lowest BCUT2D eigenvalue weighted by molar-refractivity contribution is -0.162. The lowest BCUT2D eigenvalue weighted by Crippen LogP contribution is -2.24. The molecule has 84 valence electrons. The monoisotopic (exact) mass is 217 g/mol. The molecule has 3 heteroatoms. The summed E-state index contributed by atoms with van der Waals surface area (Å²) in [5.74, 6) is -0.0843. The number of hydrogen-bond donors (Lipinski definition) is 0. The molecule has 1 aromatic rings. The highest BCUT2D eigenvalue weighted by Gasteiger charge is 2.16. The zero-order chi connectivity index (χ0) is 11.4. The summed E-state index contributed by atoms with van der Waals surface area (Å²) < 4.78 is 0. The number of aryl methyl sites for hydroxylation is 1. The zero-order valence-electron chi connectivity index (χ0n) is 9.35. The van der Waals surface area contributed by atoms with Gasteiger partial charge in [-0.2, -0.15) is 0 Å². The Morgan fingerprint density at radius 1 is 1.50 bits per heavy atom. The highest BCUT2D eigenvalue weighted by atomic mass is 16.7. The number of hydrogen-bond acceptors (Lipinski definition) is 2. The topological polar surface area (TPSA) is 29.5 Å². The number of hydroxylamine groups is 2. The molecule has 1 aliphatic heterocycles. The predicted octanol–water partition coefficient (Wildman–Crippen LogP) is 2.17. The van der Waals surface area contributed by atoms with E-state index in [0.29, 0.717) is 13.2 Å². The Kier molecular flexibility index (Phi) is 3.37. The third kappa shape index (κ3) is 2.70. The van der Waals surface area contributed by atoms with Gasteiger partial charge in [0, 0.05) is 6.08 Å². The number of nitrogens with zero attached hydrogens (tertiary/aromatic N) is 1. The van der Waals surface area contributed by atoms with Crippen LogP contribution in [0.1, 0.15) is 17.5 Å². The minimum atomic E-state index is -0.0843. The van der Waals surface area contributed by atoms with E-state index in [9.17, 15) is 4.79 Å². The Balaban J connectivity index is 2.00. The van der Waals surface area contributed by atoms with Crippen LogP contribution < -0.4 is 0 Å². The van der Waals surface area contributed by atoms with Crippen molar-refractivity contribution in [1.29, 1.82) is 0 Å². The molecule has 1 aliphatic rings. The minimum Gasteiger partial charge on any atom is -0.271 e. The maximum absolute atomic E-state index is 11.6. The predicted molar refractivity (Wildman–Crippen MR) is 62.5 cm³/mol. The Labute approximate surface area is 95.3 Å². The largest absolute Gasteiger partial charge is 0.271 e. The van der Waals surface area contributed by atoms with Gasteiger partial charge in [-0.25, -0.2) is 5.06 Å². The molecule has 1 saturated heterocycles. The smallest absolute Gasteiger partial charge is 0.270 e. The minimum absolute atomic E-state index is 0.0843. The second kappa shape index (κ2) is 4.94. The summed E-state index contributed by atoms with van der Waals surface area (Å²) in [5.41, 5.74) is 2.22. The van der Waals surface area contributed by atoms with Gasteiger partial charge in [-0.3, -0.25) is 9.63 Å². The van der Waals surface area contributed by atoms with Gasteiger partial charge in [0.15, 0.2) is 0 Å². The maximum Gasteiger partial charge on any atom is 0.270 e. The van der Waals surface area contributed by atoms with E-state index >= 15 is 0 Å². The summed E-state index contributed by atoms with van der Waals surface area (Å²) in [6.07, 6.45) is 4.29. The number of amides is 1. The van der Waals surface area contributed by atoms with E-state index in [0.717, 1.165) is 12.0 Å². The van der Waals surface area contributed by atoms with Crippen LogP contribution in [0.15, 0.2) is 30.3 Å². The second-order valence-corrected chi connectivity index (χ2v) is 3.87. The first-order valence-electron chi connectivity index (χ1n) is 5.45. The van der Waals surface area contributed by atoms with Crippen LogP contribution >= 0.6 is 0 Å². The van der Waals surface area contributed by atoms with Crippen molar-refractivity contribution in [3.63, 3.8) is 0 Å². The van der Waals surface area contributed by atoms with E-state index in [4.69, 9.17) is 4.84 Å². The number of carbonyl (C=O) groups is 1. The average Bonchev–Trinajstić information content (AvgIpc) is 2.79. The fourth-order valence-corrected chi connectivity index (χ4v) is 1.65. The van der Waals surface area contributed by atoms with Crippen LogP contribution in [0.4, 0.5) is 0 Å². The Morgan fingerprint density at radius 3 is 3.06 bits per heavy atom. The van der Waals surface area contributed by atoms with Crippen molar-refractivity contribution in [2.75, 3.05) is 13.2 Å². The molecule has 0 aliphatic carbocycles. The fraction of sp³-hybridized carbons (Fsp3) is 0.308. The van der Waals surface area contributed by atoms with E-state index in [1.165, 1.54) is 10.6 Å². The highest BCUT2D eigenvalue weighted by molar-refractivity contribution is 5.91. The summed E-state index contributed by atoms with van der Waals surface area (Å²) in [5, 5.41) is 1.41. The molecule has 0 atom stereocenters. The molecule has 3 nitrogen and oxygen atoms in total. The van der Waals surface area contributed by atoms with Gasteiger partial charge in [0.05, 0.1) is 13.2 Å². The number of carbonyl (C=O) groups excluding carboxylic acids is 1. The summed E-state index contributed by atoms with van der Waals surface area (Å²) in [6, 6.07) is 8.02. The lowest BCUT2D eigenvalue weighted by Gasteiger charge is -2.10. The van der Waals surface area contributed by atoms with Gasteiger partial charge in [-0.05, 0) is 25.0 Å². The molecule has 0 N–H and O–H groups in total. The fourth-order valence-electron chi connectivity index (χ4n) is 1.65. The lowest BCUT2D eigenvalue weighted by atomic mass is 10.1. The third-order valence-electron chi connectivity index (χ3n) is 2.46. The summed E-state index contributed by atoms with van der Waals surface area (Å²) >= 11 is 0. The van der Waals surface area contributed by atoms with Gasteiger partial charge in [-0.1, -0.05) is 29.8 Å². The molecule has 1 aromatic carbocycles. The average molecular weight is 217 g/mol. The van der Waals surface area contributed by atoms with E-state index in [1.54, 1.807) is 6.08 Å². The molecule has 1 heterocycles. The molecule has 0 bridgehead atoms. The van der Waals surface area contributed by atoms with Gasteiger partial charge in [0.2, 0.25) is 0 Å². The summed E-state index contributed by atoms with van der Waals surface area (Å²) in [6.45, 7) is 3.36. The van der Waals surface area contributed by atoms with Gasteiger partial charge in [-0.15, -0.1) is 0 Å². The molecule has 16 heavy (non-hydrogen) atoms. The maximum atomic E-state index is 11.6. The first kappa shape index (κ1) is 10.9. The van der Waals surface area contributed by atoms with Crippen LogP contribution in [0.3, 0.4) is 0 Å². The second-order valence-electron chi connectivity index (χ2n) is 3.87. The van der Waals surface area contributed by atoms with Crippen LogP contribution in [-0.4, -0.2) is 24.1 Å². The van der Waals surface area contributed by atoms with Crippen molar-refractivity contribution in [1.82, 2.24) is 5.06 Å². The van der Waals surface area contributed by atoms with Crippen molar-refractivity contribution < 1.29 is 9.63 Å². The quantitative estimate of drug-likeness (QED) is 0.710. The third-order valence-corrected chi connectivity index (χ3v) is 2.46. The van der Waals surface area contributed by atoms with E-state index in [2.05, 4.69) is 0 Å². The van der Waals surface area contributed by atoms with Crippen LogP contribution in [0.25, 0.3) is 6.08 Å². The van der Waals surface area contributed by atoms with Gasteiger partial charge < -0.3 is 0 Å². The van der Waals surface area contributed by atoms with Crippen molar-refractivity contribution in [2.24, 2.45) is 0 Å². The number of benzene rings is 1. The van der Waals surface area contributed by atoms with Gasteiger partial charge >= 0.3 is 0 Å².